The lowest BCUT2D eigenvalue weighted by atomic mass is 9.99. The first-order valence-electron chi connectivity index (χ1n) is 5.68. The van der Waals surface area contributed by atoms with Gasteiger partial charge in [-0.2, -0.15) is 0 Å². The number of hydrogen-bond donors (Lipinski definition) is 1. The molecular formula is C14H11F4NO. The molecule has 0 atom stereocenters. The van der Waals surface area contributed by atoms with Gasteiger partial charge in [-0.15, -0.1) is 13.2 Å². The molecule has 2 rings (SSSR count). The minimum absolute atomic E-state index is 0.202. The smallest absolute Gasteiger partial charge is 0.405 e. The molecule has 0 spiro atoms. The van der Waals surface area contributed by atoms with E-state index in [9.17, 15) is 17.6 Å². The van der Waals surface area contributed by atoms with Crippen molar-refractivity contribution in [2.75, 3.05) is 5.73 Å². The van der Waals surface area contributed by atoms with Gasteiger partial charge in [0, 0.05) is 11.8 Å². The monoisotopic (exact) mass is 285 g/mol. The predicted molar refractivity (Wildman–Crippen MR) is 67.7 cm³/mol. The van der Waals surface area contributed by atoms with Crippen LogP contribution in [0.15, 0.2) is 36.4 Å². The number of rotatable bonds is 2. The SMILES string of the molecule is Cc1c(OC(F)(F)F)cc(F)cc1-c1ccc(N)cc1. The Hall–Kier alpha value is -2.24. The summed E-state index contributed by atoms with van der Waals surface area (Å²) in [6.07, 6.45) is -4.86. The second-order valence-corrected chi connectivity index (χ2v) is 4.25. The van der Waals surface area contributed by atoms with E-state index in [1.165, 1.54) is 6.92 Å². The summed E-state index contributed by atoms with van der Waals surface area (Å²) in [6.45, 7) is 1.44. The highest BCUT2D eigenvalue weighted by Crippen LogP contribution is 2.34. The first kappa shape index (κ1) is 14.2. The van der Waals surface area contributed by atoms with Gasteiger partial charge in [-0.1, -0.05) is 12.1 Å². The zero-order valence-corrected chi connectivity index (χ0v) is 10.5. The molecule has 6 heteroatoms. The van der Waals surface area contributed by atoms with E-state index in [1.54, 1.807) is 24.3 Å². The molecule has 2 aromatic rings. The fraction of sp³-hybridized carbons (Fsp3) is 0.143. The maximum atomic E-state index is 13.5. The molecule has 20 heavy (non-hydrogen) atoms. The van der Waals surface area contributed by atoms with E-state index in [0.29, 0.717) is 22.9 Å². The van der Waals surface area contributed by atoms with E-state index in [4.69, 9.17) is 5.73 Å². The quantitative estimate of drug-likeness (QED) is 0.660. The van der Waals surface area contributed by atoms with Crippen LogP contribution in [0.1, 0.15) is 5.56 Å². The maximum absolute atomic E-state index is 13.5. The Morgan fingerprint density at radius 1 is 1.05 bits per heavy atom. The van der Waals surface area contributed by atoms with Gasteiger partial charge in [0.15, 0.2) is 0 Å². The zero-order valence-electron chi connectivity index (χ0n) is 10.5. The van der Waals surface area contributed by atoms with Crippen LogP contribution in [0.4, 0.5) is 23.2 Å². The van der Waals surface area contributed by atoms with Crippen LogP contribution in [-0.2, 0) is 0 Å². The number of hydrogen-bond acceptors (Lipinski definition) is 2. The largest absolute Gasteiger partial charge is 0.573 e. The second-order valence-electron chi connectivity index (χ2n) is 4.25. The molecule has 0 radical (unpaired) electrons. The Morgan fingerprint density at radius 2 is 1.65 bits per heavy atom. The predicted octanol–water partition coefficient (Wildman–Crippen LogP) is 4.28. The summed E-state index contributed by atoms with van der Waals surface area (Å²) >= 11 is 0. The number of halogens is 4. The molecule has 0 aliphatic heterocycles. The van der Waals surface area contributed by atoms with E-state index in [2.05, 4.69) is 4.74 Å². The van der Waals surface area contributed by atoms with Gasteiger partial charge in [0.05, 0.1) is 0 Å². The molecule has 0 aromatic heterocycles. The Bertz CT molecular complexity index is 620. The summed E-state index contributed by atoms with van der Waals surface area (Å²) in [6, 6.07) is 8.25. The van der Waals surface area contributed by atoms with E-state index >= 15 is 0 Å². The Labute approximate surface area is 112 Å². The Balaban J connectivity index is 2.51. The van der Waals surface area contributed by atoms with Crippen LogP contribution in [0.3, 0.4) is 0 Å². The summed E-state index contributed by atoms with van der Waals surface area (Å²) in [7, 11) is 0. The van der Waals surface area contributed by atoms with Crippen LogP contribution in [0.25, 0.3) is 11.1 Å². The maximum Gasteiger partial charge on any atom is 0.573 e. The number of ether oxygens (including phenoxy) is 1. The van der Waals surface area contributed by atoms with Gasteiger partial charge in [-0.3, -0.25) is 0 Å². The van der Waals surface area contributed by atoms with E-state index in [1.807, 2.05) is 0 Å². The third-order valence-electron chi connectivity index (χ3n) is 2.77. The molecule has 106 valence electrons. The van der Waals surface area contributed by atoms with Crippen LogP contribution in [0, 0.1) is 12.7 Å². The lowest BCUT2D eigenvalue weighted by Gasteiger charge is -2.15. The van der Waals surface area contributed by atoms with E-state index in [0.717, 1.165) is 6.07 Å². The van der Waals surface area contributed by atoms with Crippen molar-refractivity contribution >= 4 is 5.69 Å². The summed E-state index contributed by atoms with van der Waals surface area (Å²) in [5.41, 5.74) is 7.13. The molecule has 0 bridgehead atoms. The summed E-state index contributed by atoms with van der Waals surface area (Å²) in [5, 5.41) is 0. The van der Waals surface area contributed by atoms with E-state index < -0.39 is 17.9 Å². The summed E-state index contributed by atoms with van der Waals surface area (Å²) < 4.78 is 54.1. The number of anilines is 1. The third-order valence-corrected chi connectivity index (χ3v) is 2.77. The topological polar surface area (TPSA) is 35.2 Å². The number of alkyl halides is 3. The van der Waals surface area contributed by atoms with Gasteiger partial charge >= 0.3 is 6.36 Å². The fourth-order valence-electron chi connectivity index (χ4n) is 1.85. The van der Waals surface area contributed by atoms with Crippen molar-refractivity contribution in [2.24, 2.45) is 0 Å². The van der Waals surface area contributed by atoms with Gasteiger partial charge in [-0.05, 0) is 41.8 Å². The minimum atomic E-state index is -4.86. The average Bonchev–Trinajstić information content (AvgIpc) is 2.33. The molecule has 0 saturated carbocycles. The van der Waals surface area contributed by atoms with Gasteiger partial charge < -0.3 is 10.5 Å². The third kappa shape index (κ3) is 3.20. The number of nitrogens with two attached hydrogens (primary N) is 1. The van der Waals surface area contributed by atoms with Gasteiger partial charge in [0.25, 0.3) is 0 Å². The second kappa shape index (κ2) is 5.03. The molecule has 0 unspecified atom stereocenters. The molecule has 0 saturated heterocycles. The van der Waals surface area contributed by atoms with Crippen molar-refractivity contribution in [3.63, 3.8) is 0 Å². The van der Waals surface area contributed by atoms with Crippen molar-refractivity contribution in [2.45, 2.75) is 13.3 Å². The van der Waals surface area contributed by atoms with E-state index in [-0.39, 0.29) is 5.56 Å². The van der Waals surface area contributed by atoms with Gasteiger partial charge in [0.1, 0.15) is 11.6 Å². The lowest BCUT2D eigenvalue weighted by molar-refractivity contribution is -0.274. The number of benzene rings is 2. The van der Waals surface area contributed by atoms with Crippen molar-refractivity contribution in [1.29, 1.82) is 0 Å². The standard InChI is InChI=1S/C14H11F4NO/c1-8-12(9-2-4-11(19)5-3-9)6-10(15)7-13(8)20-14(16,17)18/h2-7H,19H2,1H3. The van der Waals surface area contributed by atoms with Crippen molar-refractivity contribution in [1.82, 2.24) is 0 Å². The number of nitrogen functional groups attached to an aromatic ring is 1. The van der Waals surface area contributed by atoms with Crippen LogP contribution < -0.4 is 10.5 Å². The molecule has 2 aromatic carbocycles. The Kier molecular flexibility index (Phi) is 3.57. The molecule has 0 heterocycles. The van der Waals surface area contributed by atoms with Crippen LogP contribution in [0.5, 0.6) is 5.75 Å². The van der Waals surface area contributed by atoms with Crippen molar-refractivity contribution in [3.8, 4) is 16.9 Å². The van der Waals surface area contributed by atoms with Gasteiger partial charge in [0.2, 0.25) is 0 Å². The molecule has 0 fully saturated rings. The van der Waals surface area contributed by atoms with Gasteiger partial charge in [-0.25, -0.2) is 4.39 Å². The Morgan fingerprint density at radius 3 is 2.20 bits per heavy atom. The summed E-state index contributed by atoms with van der Waals surface area (Å²) in [4.78, 5) is 0. The molecule has 2 nitrogen and oxygen atoms in total. The highest BCUT2D eigenvalue weighted by Gasteiger charge is 2.32. The molecule has 0 aliphatic carbocycles. The normalized spacial score (nSPS) is 11.4. The summed E-state index contributed by atoms with van der Waals surface area (Å²) in [5.74, 6) is -1.36. The van der Waals surface area contributed by atoms with Crippen molar-refractivity contribution in [3.05, 3.63) is 47.8 Å². The molecule has 2 N–H and O–H groups in total. The molecule has 0 amide bonds. The molecule has 0 aliphatic rings. The van der Waals surface area contributed by atoms with Crippen LogP contribution in [0.2, 0.25) is 0 Å². The van der Waals surface area contributed by atoms with Crippen LogP contribution >= 0.6 is 0 Å². The average molecular weight is 285 g/mol. The fourth-order valence-corrected chi connectivity index (χ4v) is 1.85. The minimum Gasteiger partial charge on any atom is -0.405 e. The first-order valence-corrected chi connectivity index (χ1v) is 5.68. The molecular weight excluding hydrogens is 274 g/mol. The zero-order chi connectivity index (χ0) is 14.9. The highest BCUT2D eigenvalue weighted by molar-refractivity contribution is 5.71. The van der Waals surface area contributed by atoms with Crippen molar-refractivity contribution < 1.29 is 22.3 Å². The first-order chi connectivity index (χ1) is 9.26. The highest BCUT2D eigenvalue weighted by atomic mass is 19.4. The van der Waals surface area contributed by atoms with Crippen LogP contribution in [-0.4, -0.2) is 6.36 Å². The lowest BCUT2D eigenvalue weighted by Crippen LogP contribution is -2.18.